The van der Waals surface area contributed by atoms with Gasteiger partial charge in [0.2, 0.25) is 0 Å². The molecule has 3 rings (SSSR count). The van der Waals surface area contributed by atoms with Gasteiger partial charge in [-0.15, -0.1) is 0 Å². The number of amides is 1. The zero-order valence-electron chi connectivity index (χ0n) is 11.8. The van der Waals surface area contributed by atoms with Gasteiger partial charge in [0.15, 0.2) is 5.58 Å². The highest BCUT2D eigenvalue weighted by atomic mass is 19.1. The van der Waals surface area contributed by atoms with Crippen LogP contribution in [0.5, 0.6) is 0 Å². The summed E-state index contributed by atoms with van der Waals surface area (Å²) in [4.78, 5) is 23.7. The molecule has 6 heteroatoms. The Kier molecular flexibility index (Phi) is 3.50. The molecule has 0 saturated heterocycles. The lowest BCUT2D eigenvalue weighted by atomic mass is 10.2. The molecule has 22 heavy (non-hydrogen) atoms. The Balaban J connectivity index is 1.89. The highest BCUT2D eigenvalue weighted by molar-refractivity contribution is 6.04. The fourth-order valence-corrected chi connectivity index (χ4v) is 2.25. The summed E-state index contributed by atoms with van der Waals surface area (Å²) in [5.74, 6) is -1.20. The second kappa shape index (κ2) is 5.48. The van der Waals surface area contributed by atoms with E-state index in [2.05, 4.69) is 5.32 Å². The SMILES string of the molecule is CCn1c(=O)oc2cc(NC(=O)c3ccc(F)cc3)ccc21. The van der Waals surface area contributed by atoms with E-state index in [1.165, 1.54) is 28.8 Å². The molecule has 112 valence electrons. The van der Waals surface area contributed by atoms with Crippen molar-refractivity contribution in [1.82, 2.24) is 4.57 Å². The molecule has 5 nitrogen and oxygen atoms in total. The van der Waals surface area contributed by atoms with Gasteiger partial charge in [0.1, 0.15) is 5.82 Å². The van der Waals surface area contributed by atoms with Crippen LogP contribution in [0.2, 0.25) is 0 Å². The van der Waals surface area contributed by atoms with Gasteiger partial charge in [0, 0.05) is 23.9 Å². The van der Waals surface area contributed by atoms with Crippen LogP contribution in [-0.4, -0.2) is 10.5 Å². The number of aryl methyl sites for hydroxylation is 1. The molecular formula is C16H13FN2O3. The average Bonchev–Trinajstić information content (AvgIpc) is 2.82. The standard InChI is InChI=1S/C16H13FN2O3/c1-2-19-13-8-7-12(9-14(13)22-16(19)21)18-15(20)10-3-5-11(17)6-4-10/h3-9H,2H2,1H3,(H,18,20). The number of benzene rings is 2. The predicted octanol–water partition coefficient (Wildman–Crippen LogP) is 3.01. The molecule has 1 amide bonds. The maximum Gasteiger partial charge on any atom is 0.419 e. The number of hydrogen-bond donors (Lipinski definition) is 1. The van der Waals surface area contributed by atoms with Gasteiger partial charge in [0.05, 0.1) is 5.52 Å². The van der Waals surface area contributed by atoms with Crippen molar-refractivity contribution < 1.29 is 13.6 Å². The van der Waals surface area contributed by atoms with E-state index in [4.69, 9.17) is 4.42 Å². The largest absolute Gasteiger partial charge is 0.419 e. The minimum Gasteiger partial charge on any atom is -0.408 e. The molecule has 0 aliphatic heterocycles. The van der Waals surface area contributed by atoms with E-state index >= 15 is 0 Å². The highest BCUT2D eigenvalue weighted by Gasteiger charge is 2.10. The Hall–Kier alpha value is -2.89. The van der Waals surface area contributed by atoms with Crippen molar-refractivity contribution >= 4 is 22.7 Å². The van der Waals surface area contributed by atoms with Crippen molar-refractivity contribution in [3.8, 4) is 0 Å². The van der Waals surface area contributed by atoms with E-state index in [1.54, 1.807) is 18.2 Å². The van der Waals surface area contributed by atoms with Crippen LogP contribution in [0.15, 0.2) is 51.7 Å². The van der Waals surface area contributed by atoms with E-state index in [1.807, 2.05) is 6.92 Å². The maximum atomic E-state index is 12.8. The molecular weight excluding hydrogens is 287 g/mol. The summed E-state index contributed by atoms with van der Waals surface area (Å²) in [5, 5.41) is 2.68. The Bertz CT molecular complexity index is 894. The van der Waals surface area contributed by atoms with E-state index < -0.39 is 11.6 Å². The minimum absolute atomic E-state index is 0.342. The molecule has 0 aliphatic carbocycles. The van der Waals surface area contributed by atoms with Gasteiger partial charge in [-0.2, -0.15) is 0 Å². The first-order valence-corrected chi connectivity index (χ1v) is 6.79. The second-order valence-corrected chi connectivity index (χ2v) is 4.76. The Morgan fingerprint density at radius 3 is 2.64 bits per heavy atom. The quantitative estimate of drug-likeness (QED) is 0.808. The molecule has 0 bridgehead atoms. The summed E-state index contributed by atoms with van der Waals surface area (Å²) in [6.07, 6.45) is 0. The van der Waals surface area contributed by atoms with E-state index in [-0.39, 0.29) is 5.91 Å². The fourth-order valence-electron chi connectivity index (χ4n) is 2.25. The number of rotatable bonds is 3. The Morgan fingerprint density at radius 2 is 1.95 bits per heavy atom. The Labute approximate surface area is 125 Å². The molecule has 1 aromatic heterocycles. The normalized spacial score (nSPS) is 10.8. The lowest BCUT2D eigenvalue weighted by Crippen LogP contribution is -2.12. The van der Waals surface area contributed by atoms with Gasteiger partial charge in [-0.25, -0.2) is 9.18 Å². The van der Waals surface area contributed by atoms with E-state index in [0.717, 1.165) is 0 Å². The number of oxazole rings is 1. The van der Waals surface area contributed by atoms with Gasteiger partial charge in [-0.1, -0.05) is 0 Å². The predicted molar refractivity (Wildman–Crippen MR) is 80.5 cm³/mol. The van der Waals surface area contributed by atoms with Crippen molar-refractivity contribution in [3.05, 3.63) is 64.4 Å². The number of halogens is 1. The maximum absolute atomic E-state index is 12.8. The number of hydrogen-bond acceptors (Lipinski definition) is 3. The second-order valence-electron chi connectivity index (χ2n) is 4.76. The minimum atomic E-state index is -0.431. The fraction of sp³-hybridized carbons (Fsp3) is 0.125. The summed E-state index contributed by atoms with van der Waals surface area (Å²) in [7, 11) is 0. The van der Waals surface area contributed by atoms with Crippen LogP contribution in [-0.2, 0) is 6.54 Å². The van der Waals surface area contributed by atoms with Gasteiger partial charge < -0.3 is 9.73 Å². The molecule has 0 radical (unpaired) electrons. The molecule has 0 unspecified atom stereocenters. The van der Waals surface area contributed by atoms with Crippen LogP contribution in [0.25, 0.3) is 11.1 Å². The number of nitrogens with zero attached hydrogens (tertiary/aromatic N) is 1. The van der Waals surface area contributed by atoms with Crippen LogP contribution in [0.4, 0.5) is 10.1 Å². The van der Waals surface area contributed by atoms with Gasteiger partial charge in [-0.05, 0) is 43.3 Å². The lowest BCUT2D eigenvalue weighted by molar-refractivity contribution is 0.102. The number of nitrogens with one attached hydrogen (secondary N) is 1. The number of aromatic nitrogens is 1. The summed E-state index contributed by atoms with van der Waals surface area (Å²) in [5.41, 5.74) is 1.92. The summed E-state index contributed by atoms with van der Waals surface area (Å²) < 4.78 is 19.5. The van der Waals surface area contributed by atoms with Crippen molar-refractivity contribution in [3.63, 3.8) is 0 Å². The third kappa shape index (κ3) is 2.50. The topological polar surface area (TPSA) is 64.2 Å². The van der Waals surface area contributed by atoms with Crippen molar-refractivity contribution in [2.45, 2.75) is 13.5 Å². The molecule has 1 N–H and O–H groups in total. The van der Waals surface area contributed by atoms with Crippen LogP contribution < -0.4 is 11.1 Å². The number of carbonyl (C=O) groups excluding carboxylic acids is 1. The summed E-state index contributed by atoms with van der Waals surface area (Å²) in [6.45, 7) is 2.35. The van der Waals surface area contributed by atoms with Gasteiger partial charge >= 0.3 is 5.76 Å². The smallest absolute Gasteiger partial charge is 0.408 e. The average molecular weight is 300 g/mol. The molecule has 3 aromatic rings. The monoisotopic (exact) mass is 300 g/mol. The molecule has 0 fully saturated rings. The first kappa shape index (κ1) is 14.1. The molecule has 1 heterocycles. The van der Waals surface area contributed by atoms with Crippen molar-refractivity contribution in [2.24, 2.45) is 0 Å². The Morgan fingerprint density at radius 1 is 1.23 bits per heavy atom. The van der Waals surface area contributed by atoms with Crippen LogP contribution in [0, 0.1) is 5.82 Å². The first-order chi connectivity index (χ1) is 10.6. The van der Waals surface area contributed by atoms with Crippen LogP contribution in [0.3, 0.4) is 0 Å². The molecule has 2 aromatic carbocycles. The summed E-state index contributed by atoms with van der Waals surface area (Å²) in [6, 6.07) is 10.2. The van der Waals surface area contributed by atoms with E-state index in [9.17, 15) is 14.0 Å². The van der Waals surface area contributed by atoms with Gasteiger partial charge in [-0.3, -0.25) is 9.36 Å². The van der Waals surface area contributed by atoms with Crippen molar-refractivity contribution in [1.29, 1.82) is 0 Å². The van der Waals surface area contributed by atoms with Crippen LogP contribution >= 0.6 is 0 Å². The van der Waals surface area contributed by atoms with Crippen molar-refractivity contribution in [2.75, 3.05) is 5.32 Å². The number of carbonyl (C=O) groups is 1. The zero-order valence-corrected chi connectivity index (χ0v) is 11.8. The molecule has 0 spiro atoms. The molecule has 0 atom stereocenters. The number of fused-ring (bicyclic) bond motifs is 1. The molecule has 0 aliphatic rings. The van der Waals surface area contributed by atoms with Crippen LogP contribution in [0.1, 0.15) is 17.3 Å². The van der Waals surface area contributed by atoms with Gasteiger partial charge in [0.25, 0.3) is 5.91 Å². The number of anilines is 1. The highest BCUT2D eigenvalue weighted by Crippen LogP contribution is 2.19. The molecule has 0 saturated carbocycles. The third-order valence-corrected chi connectivity index (χ3v) is 3.35. The lowest BCUT2D eigenvalue weighted by Gasteiger charge is -2.05. The third-order valence-electron chi connectivity index (χ3n) is 3.35. The summed E-state index contributed by atoms with van der Waals surface area (Å²) >= 11 is 0. The zero-order chi connectivity index (χ0) is 15.7. The van der Waals surface area contributed by atoms with E-state index in [0.29, 0.717) is 28.9 Å². The first-order valence-electron chi connectivity index (χ1n) is 6.79.